The van der Waals surface area contributed by atoms with Crippen LogP contribution in [0.2, 0.25) is 0 Å². The van der Waals surface area contributed by atoms with Crippen LogP contribution in [0, 0.1) is 6.92 Å². The number of carbonyl (C=O) groups is 2. The Balaban J connectivity index is 2.10. The smallest absolute Gasteiger partial charge is 0.338 e. The third-order valence-corrected chi connectivity index (χ3v) is 7.65. The number of anilines is 2. The summed E-state index contributed by atoms with van der Waals surface area (Å²) in [6.45, 7) is 1.01. The van der Waals surface area contributed by atoms with Gasteiger partial charge in [-0.2, -0.15) is 0 Å². The molecule has 0 saturated carbocycles. The van der Waals surface area contributed by atoms with Crippen molar-refractivity contribution in [1.29, 1.82) is 0 Å². The fourth-order valence-corrected chi connectivity index (χ4v) is 5.26. The molecule has 0 spiro atoms. The fourth-order valence-electron chi connectivity index (χ4n) is 3.82. The molecule has 208 valence electrons. The van der Waals surface area contributed by atoms with Gasteiger partial charge in [-0.25, -0.2) is 13.2 Å². The predicted octanol–water partition coefficient (Wildman–Crippen LogP) is 3.65. The van der Waals surface area contributed by atoms with Crippen molar-refractivity contribution in [3.05, 3.63) is 65.7 Å². The molecule has 0 aromatic heterocycles. The van der Waals surface area contributed by atoms with Crippen LogP contribution in [-0.2, 0) is 19.6 Å². The highest BCUT2D eigenvalue weighted by Crippen LogP contribution is 2.37. The van der Waals surface area contributed by atoms with Crippen molar-refractivity contribution >= 4 is 33.3 Å². The fraction of sp³-hybridized carbons (Fsp3) is 0.259. The van der Waals surface area contributed by atoms with Gasteiger partial charge in [0.05, 0.1) is 51.7 Å². The third-order valence-electron chi connectivity index (χ3n) is 5.90. The van der Waals surface area contributed by atoms with E-state index in [4.69, 9.17) is 23.7 Å². The van der Waals surface area contributed by atoms with Gasteiger partial charge in [-0.1, -0.05) is 6.07 Å². The van der Waals surface area contributed by atoms with E-state index < -0.39 is 28.4 Å². The number of rotatable bonds is 11. The molecule has 0 unspecified atom stereocenters. The van der Waals surface area contributed by atoms with E-state index in [0.29, 0.717) is 22.7 Å². The number of amides is 1. The minimum atomic E-state index is -4.37. The molecule has 1 amide bonds. The maximum Gasteiger partial charge on any atom is 0.338 e. The van der Waals surface area contributed by atoms with E-state index in [1.54, 1.807) is 31.2 Å². The monoisotopic (exact) mass is 558 g/mol. The molecule has 0 aliphatic heterocycles. The lowest BCUT2D eigenvalue weighted by Gasteiger charge is -2.26. The molecule has 12 heteroatoms. The molecule has 0 radical (unpaired) electrons. The molecule has 0 fully saturated rings. The SMILES string of the molecule is COC(=O)c1cccc(NC(=O)CN(c2cc(OC)ccc2OC)S(=O)(=O)c2ccc(OC)c(OC)c2)c1C. The van der Waals surface area contributed by atoms with E-state index in [1.165, 1.54) is 65.9 Å². The summed E-state index contributed by atoms with van der Waals surface area (Å²) in [4.78, 5) is 25.2. The minimum absolute atomic E-state index is 0.0711. The van der Waals surface area contributed by atoms with E-state index in [9.17, 15) is 18.0 Å². The lowest BCUT2D eigenvalue weighted by atomic mass is 10.1. The average Bonchev–Trinajstić information content (AvgIpc) is 2.95. The molecule has 0 atom stereocenters. The number of hydrogen-bond donors (Lipinski definition) is 1. The number of nitrogens with zero attached hydrogens (tertiary/aromatic N) is 1. The van der Waals surface area contributed by atoms with Gasteiger partial charge >= 0.3 is 5.97 Å². The molecule has 1 N–H and O–H groups in total. The van der Waals surface area contributed by atoms with Gasteiger partial charge in [0.15, 0.2) is 11.5 Å². The van der Waals surface area contributed by atoms with Crippen LogP contribution in [0.1, 0.15) is 15.9 Å². The topological polar surface area (TPSA) is 130 Å². The van der Waals surface area contributed by atoms with Crippen molar-refractivity contribution < 1.29 is 41.7 Å². The average molecular weight is 559 g/mol. The van der Waals surface area contributed by atoms with Crippen LogP contribution in [0.25, 0.3) is 0 Å². The largest absolute Gasteiger partial charge is 0.497 e. The summed E-state index contributed by atoms with van der Waals surface area (Å²) < 4.78 is 54.9. The molecule has 0 bridgehead atoms. The third kappa shape index (κ3) is 6.17. The number of methoxy groups -OCH3 is 5. The second-order valence-electron chi connectivity index (χ2n) is 8.08. The first-order chi connectivity index (χ1) is 18.6. The molecular weight excluding hydrogens is 528 g/mol. The molecule has 3 aromatic rings. The van der Waals surface area contributed by atoms with Gasteiger partial charge in [0.25, 0.3) is 10.0 Å². The zero-order valence-electron chi connectivity index (χ0n) is 22.4. The zero-order valence-corrected chi connectivity index (χ0v) is 23.2. The van der Waals surface area contributed by atoms with E-state index in [-0.39, 0.29) is 27.6 Å². The van der Waals surface area contributed by atoms with Crippen LogP contribution in [0.3, 0.4) is 0 Å². The number of esters is 1. The number of carbonyl (C=O) groups excluding carboxylic acids is 2. The first-order valence-electron chi connectivity index (χ1n) is 11.6. The van der Waals surface area contributed by atoms with Crippen molar-refractivity contribution in [2.75, 3.05) is 51.7 Å². The molecule has 11 nitrogen and oxygen atoms in total. The molecule has 0 aliphatic carbocycles. The molecule has 3 rings (SSSR count). The van der Waals surface area contributed by atoms with Gasteiger partial charge in [0.2, 0.25) is 5.91 Å². The van der Waals surface area contributed by atoms with Crippen molar-refractivity contribution in [1.82, 2.24) is 0 Å². The quantitative estimate of drug-likeness (QED) is 0.351. The van der Waals surface area contributed by atoms with E-state index in [1.807, 2.05) is 0 Å². The summed E-state index contributed by atoms with van der Waals surface area (Å²) in [5.41, 5.74) is 1.12. The van der Waals surface area contributed by atoms with Crippen molar-refractivity contribution in [3.8, 4) is 23.0 Å². The Morgan fingerprint density at radius 3 is 2.10 bits per heavy atom. The van der Waals surface area contributed by atoms with Gasteiger partial charge in [0.1, 0.15) is 18.0 Å². The second kappa shape index (κ2) is 12.4. The van der Waals surface area contributed by atoms with Crippen molar-refractivity contribution in [2.24, 2.45) is 0 Å². The Hall–Kier alpha value is -4.45. The molecule has 39 heavy (non-hydrogen) atoms. The standard InChI is InChI=1S/C27H30N2O9S/c1-17-20(27(31)38-6)8-7-9-21(17)28-26(30)16-29(22-14-18(34-2)10-12-23(22)35-3)39(32,33)19-11-13-24(36-4)25(15-19)37-5/h7-15H,16H2,1-6H3,(H,28,30). The zero-order chi connectivity index (χ0) is 28.7. The summed E-state index contributed by atoms with van der Waals surface area (Å²) >= 11 is 0. The minimum Gasteiger partial charge on any atom is -0.497 e. The molecule has 3 aromatic carbocycles. The van der Waals surface area contributed by atoms with Gasteiger partial charge < -0.3 is 29.0 Å². The maximum atomic E-state index is 14.0. The van der Waals surface area contributed by atoms with Crippen LogP contribution in [0.5, 0.6) is 23.0 Å². The molecule has 0 aliphatic rings. The summed E-state index contributed by atoms with van der Waals surface area (Å²) in [6.07, 6.45) is 0. The number of ether oxygens (including phenoxy) is 5. The molecule has 0 saturated heterocycles. The Morgan fingerprint density at radius 1 is 0.821 bits per heavy atom. The van der Waals surface area contributed by atoms with Crippen LogP contribution in [0.15, 0.2) is 59.5 Å². The van der Waals surface area contributed by atoms with Crippen molar-refractivity contribution in [3.63, 3.8) is 0 Å². The number of nitrogens with one attached hydrogen (secondary N) is 1. The van der Waals surface area contributed by atoms with Gasteiger partial charge in [-0.3, -0.25) is 9.10 Å². The van der Waals surface area contributed by atoms with E-state index in [2.05, 4.69) is 5.32 Å². The first-order valence-corrected chi connectivity index (χ1v) is 13.0. The predicted molar refractivity (Wildman–Crippen MR) is 145 cm³/mol. The Kier molecular flexibility index (Phi) is 9.25. The summed E-state index contributed by atoms with van der Waals surface area (Å²) in [7, 11) is 2.52. The van der Waals surface area contributed by atoms with Crippen LogP contribution in [-0.4, -0.2) is 62.4 Å². The van der Waals surface area contributed by atoms with E-state index in [0.717, 1.165) is 4.31 Å². The molecule has 0 heterocycles. The van der Waals surface area contributed by atoms with Crippen LogP contribution >= 0.6 is 0 Å². The Morgan fingerprint density at radius 2 is 1.49 bits per heavy atom. The normalized spacial score (nSPS) is 10.8. The highest BCUT2D eigenvalue weighted by molar-refractivity contribution is 7.92. The Labute approximate surface area is 227 Å². The van der Waals surface area contributed by atoms with Gasteiger partial charge in [0, 0.05) is 17.8 Å². The first kappa shape index (κ1) is 29.1. The highest BCUT2D eigenvalue weighted by Gasteiger charge is 2.31. The lowest BCUT2D eigenvalue weighted by Crippen LogP contribution is -2.38. The highest BCUT2D eigenvalue weighted by atomic mass is 32.2. The van der Waals surface area contributed by atoms with Crippen LogP contribution in [0.4, 0.5) is 11.4 Å². The van der Waals surface area contributed by atoms with Crippen molar-refractivity contribution in [2.45, 2.75) is 11.8 Å². The maximum absolute atomic E-state index is 14.0. The number of sulfonamides is 1. The molecular formula is C27H30N2O9S. The van der Waals surface area contributed by atoms with Crippen LogP contribution < -0.4 is 28.6 Å². The second-order valence-corrected chi connectivity index (χ2v) is 9.95. The summed E-state index contributed by atoms with van der Waals surface area (Å²) in [5, 5.41) is 2.69. The van der Waals surface area contributed by atoms with Gasteiger partial charge in [-0.15, -0.1) is 0 Å². The summed E-state index contributed by atoms with van der Waals surface area (Å²) in [5.74, 6) is -0.176. The van der Waals surface area contributed by atoms with Gasteiger partial charge in [-0.05, 0) is 48.9 Å². The number of benzene rings is 3. The van der Waals surface area contributed by atoms with E-state index >= 15 is 0 Å². The number of hydrogen-bond acceptors (Lipinski definition) is 9. The summed E-state index contributed by atoms with van der Waals surface area (Å²) in [6, 6.07) is 13.4. The Bertz CT molecular complexity index is 1470. The lowest BCUT2D eigenvalue weighted by molar-refractivity contribution is -0.114.